The van der Waals surface area contributed by atoms with E-state index >= 15 is 0 Å². The zero-order valence-electron chi connectivity index (χ0n) is 12.6. The number of aryl methyl sites for hydroxylation is 2. The van der Waals surface area contributed by atoms with Gasteiger partial charge in [-0.3, -0.25) is 10.1 Å². The van der Waals surface area contributed by atoms with Crippen molar-refractivity contribution < 1.29 is 9.90 Å². The first kappa shape index (κ1) is 15.7. The maximum absolute atomic E-state index is 11.4. The summed E-state index contributed by atoms with van der Waals surface area (Å²) >= 11 is 0. The highest BCUT2D eigenvalue weighted by Gasteiger charge is 2.33. The van der Waals surface area contributed by atoms with Gasteiger partial charge in [0.05, 0.1) is 0 Å². The second-order valence-corrected chi connectivity index (χ2v) is 5.60. The van der Waals surface area contributed by atoms with Crippen LogP contribution in [0.1, 0.15) is 56.3 Å². The molecule has 0 bridgehead atoms. The summed E-state index contributed by atoms with van der Waals surface area (Å²) in [6.45, 7) is 9.94. The van der Waals surface area contributed by atoms with Gasteiger partial charge in [-0.2, -0.15) is 0 Å². The highest BCUT2D eigenvalue weighted by molar-refractivity contribution is 5.78. The van der Waals surface area contributed by atoms with Crippen LogP contribution in [0, 0.1) is 13.8 Å². The first-order valence-electron chi connectivity index (χ1n) is 6.88. The largest absolute Gasteiger partial charge is 0.480 e. The lowest BCUT2D eigenvalue weighted by atomic mass is 9.93. The molecule has 0 radical (unpaired) electrons. The predicted octanol–water partition coefficient (Wildman–Crippen LogP) is 3.60. The Bertz CT molecular complexity index is 456. The van der Waals surface area contributed by atoms with Crippen LogP contribution in [0.4, 0.5) is 0 Å². The molecule has 0 aromatic heterocycles. The zero-order valence-corrected chi connectivity index (χ0v) is 12.6. The van der Waals surface area contributed by atoms with Crippen molar-refractivity contribution in [2.75, 3.05) is 0 Å². The van der Waals surface area contributed by atoms with E-state index in [-0.39, 0.29) is 6.04 Å². The summed E-state index contributed by atoms with van der Waals surface area (Å²) < 4.78 is 0. The molecule has 19 heavy (non-hydrogen) atoms. The molecule has 0 heterocycles. The van der Waals surface area contributed by atoms with Gasteiger partial charge in [-0.05, 0) is 50.8 Å². The Kier molecular flexibility index (Phi) is 5.12. The van der Waals surface area contributed by atoms with E-state index in [0.29, 0.717) is 6.42 Å². The van der Waals surface area contributed by atoms with Crippen LogP contribution in [-0.4, -0.2) is 16.6 Å². The molecule has 1 aromatic carbocycles. The molecule has 2 atom stereocenters. The number of hydrogen-bond acceptors (Lipinski definition) is 2. The summed E-state index contributed by atoms with van der Waals surface area (Å²) in [5.41, 5.74) is 2.75. The molecule has 0 saturated carbocycles. The summed E-state index contributed by atoms with van der Waals surface area (Å²) in [5.74, 6) is -0.787. The predicted molar refractivity (Wildman–Crippen MR) is 78.4 cm³/mol. The fourth-order valence-electron chi connectivity index (χ4n) is 2.34. The minimum absolute atomic E-state index is 0.0203. The first-order valence-corrected chi connectivity index (χ1v) is 6.88. The van der Waals surface area contributed by atoms with E-state index in [9.17, 15) is 9.90 Å². The third-order valence-electron chi connectivity index (χ3n) is 3.79. The van der Waals surface area contributed by atoms with E-state index in [1.165, 1.54) is 11.1 Å². The second-order valence-electron chi connectivity index (χ2n) is 5.60. The van der Waals surface area contributed by atoms with Gasteiger partial charge in [0.1, 0.15) is 5.54 Å². The van der Waals surface area contributed by atoms with Gasteiger partial charge in [0.15, 0.2) is 0 Å². The fraction of sp³-hybridized carbons (Fsp3) is 0.562. The molecule has 106 valence electrons. The third kappa shape index (κ3) is 3.80. The minimum Gasteiger partial charge on any atom is -0.480 e. The number of nitrogens with one attached hydrogen (secondary N) is 1. The quantitative estimate of drug-likeness (QED) is 0.824. The summed E-state index contributed by atoms with van der Waals surface area (Å²) in [6, 6.07) is 6.29. The molecule has 2 N–H and O–H groups in total. The number of carboxylic acids is 1. The van der Waals surface area contributed by atoms with Crippen LogP contribution in [0.5, 0.6) is 0 Å². The van der Waals surface area contributed by atoms with E-state index in [1.54, 1.807) is 6.92 Å². The van der Waals surface area contributed by atoms with Crippen molar-refractivity contribution in [3.8, 4) is 0 Å². The highest BCUT2D eigenvalue weighted by Crippen LogP contribution is 2.22. The van der Waals surface area contributed by atoms with Crippen molar-refractivity contribution in [2.24, 2.45) is 0 Å². The average Bonchev–Trinajstić information content (AvgIpc) is 2.32. The lowest BCUT2D eigenvalue weighted by Crippen LogP contribution is -2.50. The molecule has 0 saturated heterocycles. The normalized spacial score (nSPS) is 15.8. The Morgan fingerprint density at radius 3 is 2.47 bits per heavy atom. The molecule has 1 rings (SSSR count). The highest BCUT2D eigenvalue weighted by atomic mass is 16.4. The second kappa shape index (κ2) is 6.20. The van der Waals surface area contributed by atoms with Gasteiger partial charge in [0.25, 0.3) is 0 Å². The molecule has 0 aliphatic carbocycles. The number of hydrogen-bond donors (Lipinski definition) is 2. The van der Waals surface area contributed by atoms with E-state index in [4.69, 9.17) is 0 Å². The van der Waals surface area contributed by atoms with Crippen molar-refractivity contribution >= 4 is 5.97 Å². The van der Waals surface area contributed by atoms with Crippen molar-refractivity contribution in [3.05, 3.63) is 34.9 Å². The minimum atomic E-state index is -0.868. The van der Waals surface area contributed by atoms with Crippen molar-refractivity contribution in [1.29, 1.82) is 0 Å². The van der Waals surface area contributed by atoms with Crippen molar-refractivity contribution in [3.63, 3.8) is 0 Å². The van der Waals surface area contributed by atoms with E-state index in [0.717, 1.165) is 12.0 Å². The van der Waals surface area contributed by atoms with Gasteiger partial charge in [-0.1, -0.05) is 31.5 Å². The van der Waals surface area contributed by atoms with E-state index < -0.39 is 11.5 Å². The number of carboxylic acid groups (broad SMARTS) is 1. The smallest absolute Gasteiger partial charge is 0.323 e. The summed E-state index contributed by atoms with van der Waals surface area (Å²) in [4.78, 5) is 11.4. The van der Waals surface area contributed by atoms with Gasteiger partial charge in [0, 0.05) is 6.04 Å². The molecule has 0 aliphatic rings. The topological polar surface area (TPSA) is 49.3 Å². The van der Waals surface area contributed by atoms with Gasteiger partial charge >= 0.3 is 5.97 Å². The Morgan fingerprint density at radius 2 is 2.00 bits per heavy atom. The fourth-order valence-corrected chi connectivity index (χ4v) is 2.34. The summed E-state index contributed by atoms with van der Waals surface area (Å²) in [7, 11) is 0. The molecule has 0 aliphatic heterocycles. The Hall–Kier alpha value is -1.35. The van der Waals surface area contributed by atoms with Gasteiger partial charge < -0.3 is 5.11 Å². The molecule has 0 amide bonds. The average molecular weight is 263 g/mol. The molecule has 3 heteroatoms. The molecule has 0 spiro atoms. The van der Waals surface area contributed by atoms with Crippen LogP contribution in [0.2, 0.25) is 0 Å². The standard InChI is InChI=1S/C16H25NO2/c1-6-9-16(5,15(18)19)17-13(4)14-8-7-11(2)12(3)10-14/h7-8,10,13,17H,6,9H2,1-5H3,(H,18,19). The monoisotopic (exact) mass is 263 g/mol. The van der Waals surface area contributed by atoms with Crippen LogP contribution in [-0.2, 0) is 4.79 Å². The van der Waals surface area contributed by atoms with Crippen LogP contribution in [0.3, 0.4) is 0 Å². The number of carbonyl (C=O) groups is 1. The van der Waals surface area contributed by atoms with Crippen LogP contribution in [0.25, 0.3) is 0 Å². The van der Waals surface area contributed by atoms with Gasteiger partial charge in [0.2, 0.25) is 0 Å². The zero-order chi connectivity index (χ0) is 14.6. The lowest BCUT2D eigenvalue weighted by molar-refractivity contribution is -0.144. The Morgan fingerprint density at radius 1 is 1.37 bits per heavy atom. The molecular weight excluding hydrogens is 238 g/mol. The molecule has 2 unspecified atom stereocenters. The number of aliphatic carboxylic acids is 1. The van der Waals surface area contributed by atoms with Crippen LogP contribution >= 0.6 is 0 Å². The van der Waals surface area contributed by atoms with Crippen molar-refractivity contribution in [2.45, 2.75) is 59.0 Å². The third-order valence-corrected chi connectivity index (χ3v) is 3.79. The number of benzene rings is 1. The SMILES string of the molecule is CCCC(C)(NC(C)c1ccc(C)c(C)c1)C(=O)O. The molecule has 1 aromatic rings. The first-order chi connectivity index (χ1) is 8.80. The van der Waals surface area contributed by atoms with E-state index in [1.807, 2.05) is 13.8 Å². The summed E-state index contributed by atoms with van der Waals surface area (Å²) in [6.07, 6.45) is 1.47. The lowest BCUT2D eigenvalue weighted by Gasteiger charge is -2.30. The molecular formula is C16H25NO2. The maximum Gasteiger partial charge on any atom is 0.323 e. The Balaban J connectivity index is 2.90. The van der Waals surface area contributed by atoms with Gasteiger partial charge in [-0.25, -0.2) is 0 Å². The van der Waals surface area contributed by atoms with Crippen molar-refractivity contribution in [1.82, 2.24) is 5.32 Å². The maximum atomic E-state index is 11.4. The molecule has 0 fully saturated rings. The van der Waals surface area contributed by atoms with Crippen LogP contribution < -0.4 is 5.32 Å². The number of rotatable bonds is 6. The molecule has 3 nitrogen and oxygen atoms in total. The van der Waals surface area contributed by atoms with E-state index in [2.05, 4.69) is 37.4 Å². The van der Waals surface area contributed by atoms with Gasteiger partial charge in [-0.15, -0.1) is 0 Å². The Labute approximate surface area is 116 Å². The van der Waals surface area contributed by atoms with Crippen LogP contribution in [0.15, 0.2) is 18.2 Å². The summed E-state index contributed by atoms with van der Waals surface area (Å²) in [5, 5.41) is 12.7.